The van der Waals surface area contributed by atoms with Gasteiger partial charge in [-0.15, -0.1) is 0 Å². The number of carbonyl (C=O) groups excluding carboxylic acids is 2. The molecule has 2 N–H and O–H groups in total. The summed E-state index contributed by atoms with van der Waals surface area (Å²) in [7, 11) is 4.60. The van der Waals surface area contributed by atoms with Crippen LogP contribution in [0.15, 0.2) is 60.7 Å². The summed E-state index contributed by atoms with van der Waals surface area (Å²) in [4.78, 5) is 30.8. The second-order valence-corrected chi connectivity index (χ2v) is 12.5. The van der Waals surface area contributed by atoms with Crippen LogP contribution in [-0.2, 0) is 15.6 Å². The first-order chi connectivity index (χ1) is 21.2. The number of amides is 2. The van der Waals surface area contributed by atoms with Gasteiger partial charge in [-0.1, -0.05) is 59.6 Å². The molecule has 2 aliphatic rings. The Morgan fingerprint density at radius 3 is 2.04 bits per heavy atom. The first kappa shape index (κ1) is 34.7. The molecular formula is C34H40Cl3N3O5. The Balaban J connectivity index is 0.00000288. The van der Waals surface area contributed by atoms with Gasteiger partial charge in [0.05, 0.1) is 36.8 Å². The molecule has 0 bridgehead atoms. The molecule has 45 heavy (non-hydrogen) atoms. The average molecular weight is 677 g/mol. The topological polar surface area (TPSA) is 94.3 Å². The number of hydrogen-bond acceptors (Lipinski definition) is 6. The smallest absolute Gasteiger partial charge is 1.00 e. The zero-order valence-electron chi connectivity index (χ0n) is 26.8. The average Bonchev–Trinajstić information content (AvgIpc) is 3.50. The van der Waals surface area contributed by atoms with Crippen LogP contribution in [0.4, 0.5) is 0 Å². The van der Waals surface area contributed by atoms with Gasteiger partial charge >= 0.3 is 1.43 Å². The molecule has 2 aliphatic heterocycles. The molecule has 3 aromatic carbocycles. The van der Waals surface area contributed by atoms with E-state index in [9.17, 15) is 9.59 Å². The van der Waals surface area contributed by atoms with Crippen molar-refractivity contribution in [3.05, 3.63) is 87.4 Å². The molecule has 3 aromatic rings. The second-order valence-electron chi connectivity index (χ2n) is 11.7. The molecule has 2 fully saturated rings. The number of nitrogens with zero attached hydrogens (tertiary/aromatic N) is 2. The monoisotopic (exact) mass is 675 g/mol. The lowest BCUT2D eigenvalue weighted by molar-refractivity contribution is -0.125. The summed E-state index contributed by atoms with van der Waals surface area (Å²) in [5.74, 6) is 0.911. The van der Waals surface area contributed by atoms with Crippen LogP contribution >= 0.6 is 23.2 Å². The van der Waals surface area contributed by atoms with Gasteiger partial charge in [-0.05, 0) is 80.7 Å². The second kappa shape index (κ2) is 14.5. The van der Waals surface area contributed by atoms with Gasteiger partial charge in [0.25, 0.3) is 5.91 Å². The van der Waals surface area contributed by atoms with Crippen LogP contribution < -0.4 is 32.4 Å². The van der Waals surface area contributed by atoms with Crippen molar-refractivity contribution in [3.63, 3.8) is 0 Å². The summed E-state index contributed by atoms with van der Waals surface area (Å²) in [5, 5.41) is 0.985. The largest absolute Gasteiger partial charge is 1.00 e. The van der Waals surface area contributed by atoms with Crippen molar-refractivity contribution in [2.75, 3.05) is 54.1 Å². The molecule has 2 saturated heterocycles. The first-order valence-corrected chi connectivity index (χ1v) is 15.5. The van der Waals surface area contributed by atoms with Crippen molar-refractivity contribution in [2.24, 2.45) is 5.73 Å². The molecule has 2 heterocycles. The molecule has 1 atom stereocenters. The van der Waals surface area contributed by atoms with Crippen molar-refractivity contribution in [1.29, 1.82) is 0 Å². The quantitative estimate of drug-likeness (QED) is 0.355. The van der Waals surface area contributed by atoms with Crippen LogP contribution in [0.3, 0.4) is 0 Å². The van der Waals surface area contributed by atoms with Crippen LogP contribution in [0.1, 0.15) is 48.6 Å². The van der Waals surface area contributed by atoms with Gasteiger partial charge in [-0.25, -0.2) is 0 Å². The maximum absolute atomic E-state index is 13.9. The summed E-state index contributed by atoms with van der Waals surface area (Å²) in [6.45, 7) is 3.40. The van der Waals surface area contributed by atoms with Crippen molar-refractivity contribution in [1.82, 2.24) is 9.80 Å². The Kier molecular flexibility index (Phi) is 11.2. The van der Waals surface area contributed by atoms with E-state index in [1.54, 1.807) is 12.1 Å². The zero-order chi connectivity index (χ0) is 31.5. The van der Waals surface area contributed by atoms with Crippen LogP contribution in [0.25, 0.3) is 0 Å². The molecule has 5 rings (SSSR count). The number of nitrogens with two attached hydrogens (primary N) is 1. The van der Waals surface area contributed by atoms with E-state index in [4.69, 9.17) is 43.1 Å². The minimum absolute atomic E-state index is 0. The van der Waals surface area contributed by atoms with Gasteiger partial charge in [0.15, 0.2) is 11.5 Å². The highest BCUT2D eigenvalue weighted by molar-refractivity contribution is 6.42. The third-order valence-corrected chi connectivity index (χ3v) is 10.2. The van der Waals surface area contributed by atoms with Gasteiger partial charge < -0.3 is 42.2 Å². The molecular weight excluding hydrogens is 637 g/mol. The lowest BCUT2D eigenvalue weighted by Crippen LogP contribution is -3.00. The molecule has 0 saturated carbocycles. The van der Waals surface area contributed by atoms with E-state index in [1.807, 2.05) is 53.4 Å². The van der Waals surface area contributed by atoms with Gasteiger partial charge in [-0.3, -0.25) is 9.59 Å². The van der Waals surface area contributed by atoms with Gasteiger partial charge in [0, 0.05) is 24.1 Å². The Morgan fingerprint density at radius 2 is 1.49 bits per heavy atom. The number of halogens is 3. The number of hydrogen-bond donors (Lipinski definition) is 1. The van der Waals surface area contributed by atoms with Crippen LogP contribution in [0, 0.1) is 0 Å². The number of benzene rings is 3. The van der Waals surface area contributed by atoms with Gasteiger partial charge in [-0.2, -0.15) is 0 Å². The summed E-state index contributed by atoms with van der Waals surface area (Å²) in [5.41, 5.74) is 7.49. The van der Waals surface area contributed by atoms with E-state index in [1.165, 1.54) is 21.3 Å². The minimum Gasteiger partial charge on any atom is -1.00 e. The molecule has 8 nitrogen and oxygen atoms in total. The Morgan fingerprint density at radius 1 is 0.844 bits per heavy atom. The molecule has 2 amide bonds. The lowest BCUT2D eigenvalue weighted by atomic mass is 9.71. The van der Waals surface area contributed by atoms with Crippen molar-refractivity contribution >= 4 is 35.0 Å². The molecule has 0 radical (unpaired) electrons. The lowest BCUT2D eigenvalue weighted by Gasteiger charge is -2.41. The number of primary amides is 1. The Labute approximate surface area is 282 Å². The van der Waals surface area contributed by atoms with E-state index in [0.29, 0.717) is 58.8 Å². The first-order valence-electron chi connectivity index (χ1n) is 14.8. The molecule has 0 aromatic heterocycles. The van der Waals surface area contributed by atoms with Crippen molar-refractivity contribution in [3.8, 4) is 17.2 Å². The predicted octanol–water partition coefficient (Wildman–Crippen LogP) is 2.83. The minimum atomic E-state index is -0.657. The Hall–Kier alpha value is -3.17. The van der Waals surface area contributed by atoms with E-state index < -0.39 is 5.41 Å². The summed E-state index contributed by atoms with van der Waals surface area (Å²) >= 11 is 12.8. The fourth-order valence-electron chi connectivity index (χ4n) is 6.81. The van der Waals surface area contributed by atoms with E-state index in [-0.39, 0.29) is 31.1 Å². The maximum Gasteiger partial charge on any atom is 1.00 e. The maximum atomic E-state index is 13.9. The summed E-state index contributed by atoms with van der Waals surface area (Å²) in [6.07, 6.45) is 2.90. The predicted molar refractivity (Wildman–Crippen MR) is 173 cm³/mol. The van der Waals surface area contributed by atoms with Gasteiger partial charge in [0.1, 0.15) is 0 Å². The van der Waals surface area contributed by atoms with E-state index in [0.717, 1.165) is 43.6 Å². The van der Waals surface area contributed by atoms with Crippen LogP contribution in [-0.4, -0.2) is 75.7 Å². The molecule has 0 unspecified atom stereocenters. The fraction of sp³-hybridized carbons (Fsp3) is 0.412. The summed E-state index contributed by atoms with van der Waals surface area (Å²) in [6, 6.07) is 19.0. The van der Waals surface area contributed by atoms with Crippen molar-refractivity contribution in [2.45, 2.75) is 36.5 Å². The number of piperidine rings is 1. The third kappa shape index (κ3) is 6.85. The highest BCUT2D eigenvalue weighted by Crippen LogP contribution is 2.43. The van der Waals surface area contributed by atoms with Gasteiger partial charge in [0.2, 0.25) is 11.7 Å². The van der Waals surface area contributed by atoms with Crippen molar-refractivity contribution < 1.29 is 37.6 Å². The standard InChI is InChI=1S/C34H39Cl2N3O5.ClH/c1-42-28-19-23(20-29(43-2)30(28)44-3)31(40)39-18-12-33(22-39,25-9-10-26(35)27(36)21-25)11-15-38-16-13-34(14-17-38,32(37)41)24-7-5-4-6-8-24;/h4-10,19-21H,11-18,22H2,1-3H3,(H2,37,41);1H/t33-;/m0./s1. The van der Waals surface area contributed by atoms with Crippen LogP contribution in [0.5, 0.6) is 17.2 Å². The Bertz CT molecular complexity index is 1500. The SMILES string of the molecule is COc1cc(C(=O)N2CC[C@](CCN3CCC(C(N)=O)(c4ccccc4)CC3)(c3ccc(Cl)c(Cl)c3)C2)cc(OC)c1OC.[Cl-].[H+]. The molecule has 0 spiro atoms. The highest BCUT2D eigenvalue weighted by atomic mass is 35.5. The number of ether oxygens (including phenoxy) is 3. The molecule has 11 heteroatoms. The van der Waals surface area contributed by atoms with Crippen LogP contribution in [0.2, 0.25) is 10.0 Å². The fourth-order valence-corrected chi connectivity index (χ4v) is 7.11. The highest BCUT2D eigenvalue weighted by Gasteiger charge is 2.44. The number of methoxy groups -OCH3 is 3. The number of carbonyl (C=O) groups is 2. The summed E-state index contributed by atoms with van der Waals surface area (Å²) < 4.78 is 16.4. The van der Waals surface area contributed by atoms with E-state index in [2.05, 4.69) is 4.90 Å². The third-order valence-electron chi connectivity index (χ3n) is 9.50. The zero-order valence-corrected chi connectivity index (χ0v) is 28.1. The molecule has 0 aliphatic carbocycles. The number of rotatable bonds is 10. The van der Waals surface area contributed by atoms with E-state index >= 15 is 0 Å². The molecule has 242 valence electrons. The number of likely N-dealkylation sites (tertiary alicyclic amines) is 2. The normalized spacial score (nSPS) is 19.4.